The molecule has 0 bridgehead atoms. The van der Waals surface area contributed by atoms with Crippen LogP contribution in [0.3, 0.4) is 0 Å². The van der Waals surface area contributed by atoms with Gasteiger partial charge in [0.1, 0.15) is 0 Å². The van der Waals surface area contributed by atoms with Gasteiger partial charge in [-0.1, -0.05) is 48.5 Å². The number of rotatable bonds is 5. The maximum absolute atomic E-state index is 11.3. The number of ketones is 1. The third-order valence-corrected chi connectivity index (χ3v) is 3.22. The van der Waals surface area contributed by atoms with Crippen molar-refractivity contribution in [2.75, 3.05) is 6.54 Å². The first kappa shape index (κ1) is 14.2. The summed E-state index contributed by atoms with van der Waals surface area (Å²) in [5.74, 6) is 0.104. The van der Waals surface area contributed by atoms with Crippen molar-refractivity contribution >= 4 is 12.0 Å². The maximum Gasteiger partial charge on any atom is 0.159 e. The van der Waals surface area contributed by atoms with Gasteiger partial charge in [-0.15, -0.1) is 0 Å². The summed E-state index contributed by atoms with van der Waals surface area (Å²) in [4.78, 5) is 15.6. The Balaban J connectivity index is 2.21. The molecule has 0 saturated heterocycles. The number of carbonyl (C=O) groups excluding carboxylic acids is 1. The minimum Gasteiger partial charge on any atom is -0.295 e. The topological polar surface area (TPSA) is 29.4 Å². The molecular weight excluding hydrogens is 246 g/mol. The van der Waals surface area contributed by atoms with E-state index in [1.807, 2.05) is 49.5 Å². The molecule has 0 aliphatic heterocycles. The van der Waals surface area contributed by atoms with Crippen molar-refractivity contribution in [2.45, 2.75) is 20.3 Å². The number of aliphatic imine (C=N–C) groups is 1. The van der Waals surface area contributed by atoms with Gasteiger partial charge < -0.3 is 0 Å². The molecule has 20 heavy (non-hydrogen) atoms. The smallest absolute Gasteiger partial charge is 0.159 e. The van der Waals surface area contributed by atoms with E-state index < -0.39 is 0 Å². The van der Waals surface area contributed by atoms with Gasteiger partial charge in [-0.25, -0.2) is 0 Å². The zero-order valence-electron chi connectivity index (χ0n) is 12.0. The average Bonchev–Trinajstić information content (AvgIpc) is 2.47. The standard InChI is InChI=1S/C18H19NO/c1-3-19-13-18-7-5-4-6-17(18)12-15-8-10-16(11-9-15)14(2)20/h4-11,13H,3,12H2,1-2H3. The molecule has 0 saturated carbocycles. The van der Waals surface area contributed by atoms with Crippen LogP contribution in [0.1, 0.15) is 40.9 Å². The molecule has 2 heteroatoms. The minimum absolute atomic E-state index is 0.104. The van der Waals surface area contributed by atoms with E-state index in [4.69, 9.17) is 0 Å². The van der Waals surface area contributed by atoms with E-state index in [0.29, 0.717) is 0 Å². The highest BCUT2D eigenvalue weighted by molar-refractivity contribution is 5.94. The Morgan fingerprint density at radius 3 is 2.45 bits per heavy atom. The molecule has 0 atom stereocenters. The zero-order chi connectivity index (χ0) is 14.4. The number of benzene rings is 2. The van der Waals surface area contributed by atoms with E-state index in [9.17, 15) is 4.79 Å². The Morgan fingerprint density at radius 2 is 1.80 bits per heavy atom. The van der Waals surface area contributed by atoms with Gasteiger partial charge in [-0.05, 0) is 37.0 Å². The summed E-state index contributed by atoms with van der Waals surface area (Å²) in [5, 5.41) is 0. The predicted octanol–water partition coefficient (Wildman–Crippen LogP) is 3.92. The molecule has 2 aromatic carbocycles. The van der Waals surface area contributed by atoms with Crippen molar-refractivity contribution in [3.8, 4) is 0 Å². The molecule has 2 nitrogen and oxygen atoms in total. The van der Waals surface area contributed by atoms with Crippen LogP contribution in [0.4, 0.5) is 0 Å². The van der Waals surface area contributed by atoms with Gasteiger partial charge in [0.25, 0.3) is 0 Å². The summed E-state index contributed by atoms with van der Waals surface area (Å²) in [6.07, 6.45) is 2.78. The summed E-state index contributed by atoms with van der Waals surface area (Å²) >= 11 is 0. The molecule has 0 unspecified atom stereocenters. The molecule has 0 aliphatic carbocycles. The average molecular weight is 265 g/mol. The van der Waals surface area contributed by atoms with Gasteiger partial charge in [0, 0.05) is 18.3 Å². The summed E-state index contributed by atoms with van der Waals surface area (Å²) < 4.78 is 0. The van der Waals surface area contributed by atoms with Crippen molar-refractivity contribution in [3.63, 3.8) is 0 Å². The Labute approximate surface area is 120 Å². The van der Waals surface area contributed by atoms with Gasteiger partial charge >= 0.3 is 0 Å². The molecule has 2 rings (SSSR count). The molecule has 0 fully saturated rings. The van der Waals surface area contributed by atoms with Gasteiger partial charge in [0.2, 0.25) is 0 Å². The first-order valence-electron chi connectivity index (χ1n) is 6.88. The Morgan fingerprint density at radius 1 is 1.10 bits per heavy atom. The number of Topliss-reactive ketones (excluding diaryl/α,β-unsaturated/α-hetero) is 1. The van der Waals surface area contributed by atoms with Crippen LogP contribution >= 0.6 is 0 Å². The summed E-state index contributed by atoms with van der Waals surface area (Å²) in [6.45, 7) is 4.41. The third-order valence-electron chi connectivity index (χ3n) is 3.22. The van der Waals surface area contributed by atoms with E-state index in [-0.39, 0.29) is 5.78 Å². The number of carbonyl (C=O) groups is 1. The second kappa shape index (κ2) is 6.80. The van der Waals surface area contributed by atoms with Crippen molar-refractivity contribution in [2.24, 2.45) is 4.99 Å². The Bertz CT molecular complexity index is 612. The van der Waals surface area contributed by atoms with Gasteiger partial charge in [-0.3, -0.25) is 9.79 Å². The van der Waals surface area contributed by atoms with E-state index >= 15 is 0 Å². The van der Waals surface area contributed by atoms with Crippen LogP contribution in [0.5, 0.6) is 0 Å². The van der Waals surface area contributed by atoms with Crippen LogP contribution < -0.4 is 0 Å². The molecular formula is C18H19NO. The SMILES string of the molecule is CCN=Cc1ccccc1Cc1ccc(C(C)=O)cc1. The zero-order valence-corrected chi connectivity index (χ0v) is 12.0. The molecule has 0 aliphatic rings. The second-order valence-electron chi connectivity index (χ2n) is 4.76. The van der Waals surface area contributed by atoms with Gasteiger partial charge in [0.05, 0.1) is 0 Å². The van der Waals surface area contributed by atoms with Gasteiger partial charge in [0.15, 0.2) is 5.78 Å². The Hall–Kier alpha value is -2.22. The number of hydrogen-bond acceptors (Lipinski definition) is 2. The summed E-state index contributed by atoms with van der Waals surface area (Å²) in [6, 6.07) is 16.1. The van der Waals surface area contributed by atoms with Crippen LogP contribution in [0.15, 0.2) is 53.5 Å². The largest absolute Gasteiger partial charge is 0.295 e. The second-order valence-corrected chi connectivity index (χ2v) is 4.76. The molecule has 2 aromatic rings. The van der Waals surface area contributed by atoms with Crippen LogP contribution in [-0.4, -0.2) is 18.5 Å². The fourth-order valence-electron chi connectivity index (χ4n) is 2.09. The first-order chi connectivity index (χ1) is 9.70. The van der Waals surface area contributed by atoms with E-state index in [2.05, 4.69) is 17.1 Å². The molecule has 0 amide bonds. The van der Waals surface area contributed by atoms with E-state index in [1.54, 1.807) is 6.92 Å². The molecule has 0 heterocycles. The highest BCUT2D eigenvalue weighted by Crippen LogP contribution is 2.14. The number of hydrogen-bond donors (Lipinski definition) is 0. The normalized spacial score (nSPS) is 10.9. The lowest BCUT2D eigenvalue weighted by Crippen LogP contribution is -1.96. The highest BCUT2D eigenvalue weighted by atomic mass is 16.1. The number of nitrogens with zero attached hydrogens (tertiary/aromatic N) is 1. The lowest BCUT2D eigenvalue weighted by Gasteiger charge is -2.06. The molecule has 0 N–H and O–H groups in total. The summed E-state index contributed by atoms with van der Waals surface area (Å²) in [7, 11) is 0. The van der Waals surface area contributed by atoms with Crippen molar-refractivity contribution in [3.05, 3.63) is 70.8 Å². The lowest BCUT2D eigenvalue weighted by atomic mass is 9.99. The van der Waals surface area contributed by atoms with Gasteiger partial charge in [-0.2, -0.15) is 0 Å². The fraction of sp³-hybridized carbons (Fsp3) is 0.222. The minimum atomic E-state index is 0.104. The van der Waals surface area contributed by atoms with Crippen LogP contribution in [-0.2, 0) is 6.42 Å². The molecule has 0 aromatic heterocycles. The summed E-state index contributed by atoms with van der Waals surface area (Å²) in [5.41, 5.74) is 4.37. The lowest BCUT2D eigenvalue weighted by molar-refractivity contribution is 0.101. The fourth-order valence-corrected chi connectivity index (χ4v) is 2.09. The quantitative estimate of drug-likeness (QED) is 0.595. The molecule has 102 valence electrons. The van der Waals surface area contributed by atoms with Crippen LogP contribution in [0, 0.1) is 0 Å². The molecule has 0 radical (unpaired) electrons. The maximum atomic E-state index is 11.3. The van der Waals surface area contributed by atoms with Crippen molar-refractivity contribution < 1.29 is 4.79 Å². The molecule has 0 spiro atoms. The Kier molecular flexibility index (Phi) is 4.83. The van der Waals surface area contributed by atoms with E-state index in [1.165, 1.54) is 11.1 Å². The first-order valence-corrected chi connectivity index (χ1v) is 6.88. The highest BCUT2D eigenvalue weighted by Gasteiger charge is 2.03. The van der Waals surface area contributed by atoms with Crippen LogP contribution in [0.2, 0.25) is 0 Å². The third kappa shape index (κ3) is 3.64. The van der Waals surface area contributed by atoms with Crippen molar-refractivity contribution in [1.29, 1.82) is 0 Å². The van der Waals surface area contributed by atoms with Crippen LogP contribution in [0.25, 0.3) is 0 Å². The predicted molar refractivity (Wildman–Crippen MR) is 83.8 cm³/mol. The monoisotopic (exact) mass is 265 g/mol. The van der Waals surface area contributed by atoms with E-state index in [0.717, 1.165) is 24.1 Å². The van der Waals surface area contributed by atoms with Crippen molar-refractivity contribution in [1.82, 2.24) is 0 Å².